The van der Waals surface area contributed by atoms with E-state index < -0.39 is 0 Å². The molecule has 0 aliphatic rings. The van der Waals surface area contributed by atoms with Gasteiger partial charge in [0.15, 0.2) is 0 Å². The molecule has 118 valence electrons. The Kier molecular flexibility index (Phi) is 6.86. The first-order valence-electron chi connectivity index (χ1n) is 7.05. The molecule has 22 heavy (non-hydrogen) atoms. The van der Waals surface area contributed by atoms with Gasteiger partial charge in [0.25, 0.3) is 0 Å². The highest BCUT2D eigenvalue weighted by molar-refractivity contribution is 5.92. The van der Waals surface area contributed by atoms with Crippen molar-refractivity contribution < 1.29 is 9.47 Å². The van der Waals surface area contributed by atoms with E-state index in [0.717, 1.165) is 16.7 Å². The first-order valence-corrected chi connectivity index (χ1v) is 7.05. The molecule has 2 aromatic rings. The van der Waals surface area contributed by atoms with Crippen LogP contribution in [0.3, 0.4) is 0 Å². The summed E-state index contributed by atoms with van der Waals surface area (Å²) in [5.74, 6) is 0.825. The summed E-state index contributed by atoms with van der Waals surface area (Å²) in [6.45, 7) is 6.32. The van der Waals surface area contributed by atoms with Crippen LogP contribution in [0, 0.1) is 5.41 Å². The highest BCUT2D eigenvalue weighted by Gasteiger charge is 2.04. The van der Waals surface area contributed by atoms with Crippen molar-refractivity contribution in [1.82, 2.24) is 4.98 Å². The molecule has 0 atom stereocenters. The van der Waals surface area contributed by atoms with E-state index >= 15 is 0 Å². The molecular weight excluding hydrogens is 300 g/mol. The van der Waals surface area contributed by atoms with E-state index in [1.165, 1.54) is 0 Å². The normalized spacial score (nSPS) is 10.0. The lowest BCUT2D eigenvalue weighted by Gasteiger charge is -2.09. The van der Waals surface area contributed by atoms with E-state index in [-0.39, 0.29) is 24.4 Å². The summed E-state index contributed by atoms with van der Waals surface area (Å²) in [7, 11) is 0. The molecule has 0 saturated carbocycles. The van der Waals surface area contributed by atoms with Gasteiger partial charge in [-0.3, -0.25) is 5.41 Å². The average Bonchev–Trinajstić information content (AvgIpc) is 2.48. The number of halogens is 1. The van der Waals surface area contributed by atoms with Crippen LogP contribution in [0.25, 0.3) is 11.1 Å². The molecule has 0 fully saturated rings. The summed E-state index contributed by atoms with van der Waals surface area (Å²) in [5.41, 5.74) is 2.83. The van der Waals surface area contributed by atoms with Crippen LogP contribution in [-0.2, 0) is 4.74 Å². The third-order valence-corrected chi connectivity index (χ3v) is 2.86. The predicted octanol–water partition coefficient (Wildman–Crippen LogP) is 4.32. The zero-order valence-corrected chi connectivity index (χ0v) is 13.8. The van der Waals surface area contributed by atoms with Crippen LogP contribution in [0.1, 0.15) is 26.3 Å². The van der Waals surface area contributed by atoms with Crippen LogP contribution in [0.2, 0.25) is 0 Å². The monoisotopic (exact) mass is 320 g/mol. The highest BCUT2D eigenvalue weighted by Crippen LogP contribution is 2.21. The van der Waals surface area contributed by atoms with Crippen LogP contribution >= 0.6 is 12.4 Å². The maximum absolute atomic E-state index is 7.75. The molecule has 1 aromatic carbocycles. The fourth-order valence-electron chi connectivity index (χ4n) is 1.90. The molecule has 0 radical (unpaired) electrons. The summed E-state index contributed by atoms with van der Waals surface area (Å²) in [4.78, 5) is 4.29. The van der Waals surface area contributed by atoms with Gasteiger partial charge in [0.05, 0.1) is 12.7 Å². The number of nitrogens with zero attached hydrogens (tertiary/aromatic N) is 1. The summed E-state index contributed by atoms with van der Waals surface area (Å²) in [6.07, 6.45) is 1.91. The first kappa shape index (κ1) is 18.0. The van der Waals surface area contributed by atoms with Gasteiger partial charge in [0.1, 0.15) is 0 Å². The maximum atomic E-state index is 7.75. The van der Waals surface area contributed by atoms with Gasteiger partial charge in [-0.1, -0.05) is 12.1 Å². The average molecular weight is 321 g/mol. The van der Waals surface area contributed by atoms with E-state index in [1.807, 2.05) is 57.2 Å². The van der Waals surface area contributed by atoms with Gasteiger partial charge in [0.2, 0.25) is 11.8 Å². The van der Waals surface area contributed by atoms with Gasteiger partial charge in [-0.25, -0.2) is 4.98 Å². The minimum atomic E-state index is 0. The van der Waals surface area contributed by atoms with Crippen LogP contribution in [0.5, 0.6) is 5.88 Å². The molecule has 0 aliphatic carbocycles. The quantitative estimate of drug-likeness (QED) is 0.659. The number of aromatic nitrogens is 1. The molecule has 0 spiro atoms. The Morgan fingerprint density at radius 2 is 1.73 bits per heavy atom. The Morgan fingerprint density at radius 1 is 1.09 bits per heavy atom. The standard InChI is InChI=1S/C17H20N2O2.ClH/c1-4-20-17(18)14-7-5-13(6-8-14)15-9-10-16(19-11-15)21-12(2)3;/h5-12,18H,4H2,1-3H3;1H. The molecule has 0 aliphatic heterocycles. The zero-order chi connectivity index (χ0) is 15.2. The lowest BCUT2D eigenvalue weighted by molar-refractivity contribution is 0.232. The smallest absolute Gasteiger partial charge is 0.213 e. The molecule has 0 amide bonds. The van der Waals surface area contributed by atoms with Crippen molar-refractivity contribution in [3.05, 3.63) is 48.2 Å². The fourth-order valence-corrected chi connectivity index (χ4v) is 1.90. The van der Waals surface area contributed by atoms with Gasteiger partial charge in [-0.15, -0.1) is 12.4 Å². The minimum Gasteiger partial charge on any atom is -0.478 e. The third kappa shape index (κ3) is 4.74. The number of nitrogens with one attached hydrogen (secondary N) is 1. The topological polar surface area (TPSA) is 55.2 Å². The van der Waals surface area contributed by atoms with Crippen LogP contribution < -0.4 is 4.74 Å². The molecule has 5 heteroatoms. The molecule has 0 unspecified atom stereocenters. The number of benzene rings is 1. The second-order valence-corrected chi connectivity index (χ2v) is 4.89. The second-order valence-electron chi connectivity index (χ2n) is 4.89. The second kappa shape index (κ2) is 8.39. The molecule has 1 heterocycles. The van der Waals surface area contributed by atoms with Crippen molar-refractivity contribution >= 4 is 18.3 Å². The molecular formula is C17H21ClN2O2. The number of rotatable bonds is 5. The van der Waals surface area contributed by atoms with Crippen molar-refractivity contribution in [2.24, 2.45) is 0 Å². The van der Waals surface area contributed by atoms with Crippen LogP contribution in [0.15, 0.2) is 42.6 Å². The van der Waals surface area contributed by atoms with E-state index in [2.05, 4.69) is 4.98 Å². The van der Waals surface area contributed by atoms with E-state index in [4.69, 9.17) is 14.9 Å². The molecule has 4 nitrogen and oxygen atoms in total. The zero-order valence-electron chi connectivity index (χ0n) is 13.0. The number of hydrogen-bond acceptors (Lipinski definition) is 4. The maximum Gasteiger partial charge on any atom is 0.213 e. The number of ether oxygens (including phenoxy) is 2. The molecule has 1 aromatic heterocycles. The van der Waals surface area contributed by atoms with Crippen molar-refractivity contribution in [3.63, 3.8) is 0 Å². The summed E-state index contributed by atoms with van der Waals surface area (Å²) in [6, 6.07) is 11.5. The van der Waals surface area contributed by atoms with Crippen LogP contribution in [0.4, 0.5) is 0 Å². The predicted molar refractivity (Wildman–Crippen MR) is 91.1 cm³/mol. The summed E-state index contributed by atoms with van der Waals surface area (Å²) in [5, 5.41) is 7.75. The van der Waals surface area contributed by atoms with Crippen molar-refractivity contribution in [2.75, 3.05) is 6.61 Å². The third-order valence-electron chi connectivity index (χ3n) is 2.86. The largest absolute Gasteiger partial charge is 0.478 e. The van der Waals surface area contributed by atoms with Gasteiger partial charge in [-0.2, -0.15) is 0 Å². The van der Waals surface area contributed by atoms with Crippen LogP contribution in [-0.4, -0.2) is 23.6 Å². The minimum absolute atomic E-state index is 0. The van der Waals surface area contributed by atoms with Gasteiger partial charge in [-0.05, 0) is 44.5 Å². The highest BCUT2D eigenvalue weighted by atomic mass is 35.5. The number of hydrogen-bond donors (Lipinski definition) is 1. The molecule has 2 rings (SSSR count). The van der Waals surface area contributed by atoms with Gasteiger partial charge >= 0.3 is 0 Å². The lowest BCUT2D eigenvalue weighted by atomic mass is 10.1. The Morgan fingerprint density at radius 3 is 2.23 bits per heavy atom. The summed E-state index contributed by atoms with van der Waals surface area (Å²) < 4.78 is 10.7. The van der Waals surface area contributed by atoms with E-state index in [1.54, 1.807) is 6.20 Å². The van der Waals surface area contributed by atoms with Crippen molar-refractivity contribution in [1.29, 1.82) is 5.41 Å². The SMILES string of the molecule is CCOC(=N)c1ccc(-c2ccc(OC(C)C)nc2)cc1.Cl. The van der Waals surface area contributed by atoms with Crippen molar-refractivity contribution in [3.8, 4) is 17.0 Å². The Bertz CT molecular complexity index is 595. The van der Waals surface area contributed by atoms with Crippen molar-refractivity contribution in [2.45, 2.75) is 26.9 Å². The lowest BCUT2D eigenvalue weighted by Crippen LogP contribution is -2.06. The Balaban J connectivity index is 0.00000242. The molecule has 0 saturated heterocycles. The van der Waals surface area contributed by atoms with Gasteiger partial charge in [0, 0.05) is 23.4 Å². The van der Waals surface area contributed by atoms with E-state index in [0.29, 0.717) is 12.5 Å². The molecule has 0 bridgehead atoms. The Labute approximate surface area is 137 Å². The van der Waals surface area contributed by atoms with Gasteiger partial charge < -0.3 is 9.47 Å². The molecule has 1 N–H and O–H groups in total. The first-order chi connectivity index (χ1) is 10.1. The summed E-state index contributed by atoms with van der Waals surface area (Å²) >= 11 is 0. The number of pyridine rings is 1. The fraction of sp³-hybridized carbons (Fsp3) is 0.294. The van der Waals surface area contributed by atoms with E-state index in [9.17, 15) is 0 Å². The Hall–Kier alpha value is -2.07.